The van der Waals surface area contributed by atoms with E-state index in [1.165, 1.54) is 29.2 Å². The molecule has 2 amide bonds. The maximum Gasteiger partial charge on any atom is 0.324 e. The average Bonchev–Trinajstić information content (AvgIpc) is 3.53. The van der Waals surface area contributed by atoms with E-state index < -0.39 is 24.0 Å². The fourth-order valence-electron chi connectivity index (χ4n) is 3.42. The van der Waals surface area contributed by atoms with Crippen molar-refractivity contribution in [3.8, 4) is 11.5 Å². The van der Waals surface area contributed by atoms with Crippen molar-refractivity contribution in [3.05, 3.63) is 64.5 Å². The monoisotopic (exact) mass is 513 g/mol. The Kier molecular flexibility index (Phi) is 9.05. The number of anilines is 1. The number of amides is 2. The number of nitrogens with zero attached hydrogens (tertiary/aromatic N) is 4. The van der Waals surface area contributed by atoms with Crippen LogP contribution in [-0.2, 0) is 6.54 Å². The zero-order valence-electron chi connectivity index (χ0n) is 19.1. The van der Waals surface area contributed by atoms with Crippen LogP contribution in [0, 0.1) is 11.6 Å². The summed E-state index contributed by atoms with van der Waals surface area (Å²) in [6.07, 6.45) is -1.22. The van der Waals surface area contributed by atoms with Gasteiger partial charge in [0.1, 0.15) is 11.6 Å². The highest BCUT2D eigenvalue weighted by atomic mass is 35.5. The lowest BCUT2D eigenvalue weighted by atomic mass is 10.1. The number of carbonyl (C=O) groups is 1. The first-order valence-corrected chi connectivity index (χ1v) is 11.1. The molecule has 2 aromatic carbocycles. The van der Waals surface area contributed by atoms with E-state index >= 15 is 0 Å². The van der Waals surface area contributed by atoms with E-state index in [0.717, 1.165) is 25.0 Å². The molecule has 1 aliphatic rings. The van der Waals surface area contributed by atoms with Crippen molar-refractivity contribution < 1.29 is 26.8 Å². The van der Waals surface area contributed by atoms with Crippen LogP contribution in [0.5, 0.6) is 0 Å². The van der Waals surface area contributed by atoms with Gasteiger partial charge in [-0.15, -0.1) is 10.2 Å². The van der Waals surface area contributed by atoms with E-state index in [-0.39, 0.29) is 34.6 Å². The first-order valence-electron chi connectivity index (χ1n) is 10.8. The zero-order valence-corrected chi connectivity index (χ0v) is 19.8. The Labute approximate surface area is 204 Å². The summed E-state index contributed by atoms with van der Waals surface area (Å²) in [7, 11) is 3.75. The maximum atomic E-state index is 14.9. The molecule has 188 valence electrons. The molecule has 0 atom stereocenters. The largest absolute Gasteiger partial charge is 0.415 e. The minimum absolute atomic E-state index is 0.118. The summed E-state index contributed by atoms with van der Waals surface area (Å²) in [4.78, 5) is 16.0. The van der Waals surface area contributed by atoms with Crippen LogP contribution in [0.3, 0.4) is 0 Å². The van der Waals surface area contributed by atoms with Crippen molar-refractivity contribution in [2.45, 2.75) is 25.8 Å². The summed E-state index contributed by atoms with van der Waals surface area (Å²) < 4.78 is 58.7. The lowest BCUT2D eigenvalue weighted by Gasteiger charge is -2.28. The molecule has 12 heteroatoms. The number of benzene rings is 2. The Hall–Kier alpha value is -3.18. The van der Waals surface area contributed by atoms with Gasteiger partial charge in [-0.1, -0.05) is 17.7 Å². The van der Waals surface area contributed by atoms with Gasteiger partial charge >= 0.3 is 12.5 Å². The van der Waals surface area contributed by atoms with Crippen LogP contribution in [0.2, 0.25) is 5.02 Å². The Balaban J connectivity index is 0.00000108. The second kappa shape index (κ2) is 12.0. The molecule has 0 aliphatic carbocycles. The van der Waals surface area contributed by atoms with Crippen molar-refractivity contribution in [3.63, 3.8) is 0 Å². The van der Waals surface area contributed by atoms with E-state index in [0.29, 0.717) is 18.8 Å². The van der Waals surface area contributed by atoms with Gasteiger partial charge < -0.3 is 14.6 Å². The minimum atomic E-state index is -2.94. The first-order chi connectivity index (χ1) is 16.7. The molecule has 2 heterocycles. The van der Waals surface area contributed by atoms with E-state index in [9.17, 15) is 22.4 Å². The van der Waals surface area contributed by atoms with Crippen LogP contribution < -0.4 is 10.2 Å². The van der Waals surface area contributed by atoms with E-state index in [4.69, 9.17) is 16.0 Å². The topological polar surface area (TPSA) is 74.5 Å². The van der Waals surface area contributed by atoms with Crippen LogP contribution in [0.1, 0.15) is 30.7 Å². The molecule has 1 N–H and O–H groups in total. The molecule has 1 fully saturated rings. The number of hydrogen-bond acceptors (Lipinski definition) is 5. The molecule has 0 spiro atoms. The molecular formula is C23H24ClF4N5O2. The summed E-state index contributed by atoms with van der Waals surface area (Å²) in [6.45, 7) is 0.972. The third-order valence-corrected chi connectivity index (χ3v) is 5.37. The van der Waals surface area contributed by atoms with Gasteiger partial charge in [-0.05, 0) is 57.3 Å². The number of carbonyl (C=O) groups excluding carboxylic acids is 1. The number of likely N-dealkylation sites (tertiary alicyclic amines) is 1. The Bertz CT molecular complexity index is 1150. The standard InChI is InChI=1S/C21H17ClF4N4O2.C2H7N/c22-15-10-14(5-6-16(15)23)30(21(31)29-7-1-2-8-29)11-13-4-3-12(9-17(13)24)19-27-28-20(32-19)18(25)26;1-3-2/h3-6,9-10,18H,1-2,7-8,11H2;3H,1-2H3. The Morgan fingerprint density at radius 1 is 1.11 bits per heavy atom. The minimum Gasteiger partial charge on any atom is -0.415 e. The van der Waals surface area contributed by atoms with E-state index in [2.05, 4.69) is 15.5 Å². The van der Waals surface area contributed by atoms with E-state index in [1.807, 2.05) is 14.1 Å². The third kappa shape index (κ3) is 6.49. The number of urea groups is 1. The van der Waals surface area contributed by atoms with Gasteiger partial charge in [0.25, 0.3) is 5.89 Å². The smallest absolute Gasteiger partial charge is 0.324 e. The molecule has 0 bridgehead atoms. The predicted molar refractivity (Wildman–Crippen MR) is 123 cm³/mol. The number of alkyl halides is 2. The van der Waals surface area contributed by atoms with Gasteiger partial charge in [-0.25, -0.2) is 13.6 Å². The van der Waals surface area contributed by atoms with Gasteiger partial charge in [-0.2, -0.15) is 8.78 Å². The van der Waals surface area contributed by atoms with Gasteiger partial charge in [0.2, 0.25) is 5.89 Å². The Morgan fingerprint density at radius 2 is 1.80 bits per heavy atom. The molecule has 0 unspecified atom stereocenters. The highest BCUT2D eigenvalue weighted by Gasteiger charge is 2.27. The molecule has 1 aliphatic heterocycles. The molecule has 0 saturated carbocycles. The number of halogens is 5. The fourth-order valence-corrected chi connectivity index (χ4v) is 3.59. The molecule has 1 saturated heterocycles. The SMILES string of the molecule is CNC.O=C(N1CCCC1)N(Cc1ccc(-c2nnc(C(F)F)o2)cc1F)c1ccc(F)c(Cl)c1. The summed E-state index contributed by atoms with van der Waals surface area (Å²) in [5.74, 6) is -2.45. The number of hydrogen-bond donors (Lipinski definition) is 1. The average molecular weight is 514 g/mol. The highest BCUT2D eigenvalue weighted by molar-refractivity contribution is 6.31. The number of aromatic nitrogens is 2. The predicted octanol–water partition coefficient (Wildman–Crippen LogP) is 5.66. The maximum absolute atomic E-state index is 14.9. The van der Waals surface area contributed by atoms with Crippen LogP contribution >= 0.6 is 11.6 Å². The molecule has 3 aromatic rings. The third-order valence-electron chi connectivity index (χ3n) is 5.08. The van der Waals surface area contributed by atoms with Crippen LogP contribution in [0.15, 0.2) is 40.8 Å². The quantitative estimate of drug-likeness (QED) is 0.445. The normalized spacial score (nSPS) is 13.1. The molecule has 1 aromatic heterocycles. The second-order valence-corrected chi connectivity index (χ2v) is 8.12. The van der Waals surface area contributed by atoms with Gasteiger partial charge in [-0.3, -0.25) is 4.90 Å². The van der Waals surface area contributed by atoms with Crippen LogP contribution in [0.4, 0.5) is 28.0 Å². The van der Waals surface area contributed by atoms with Crippen LogP contribution in [-0.4, -0.2) is 48.3 Å². The lowest BCUT2D eigenvalue weighted by Crippen LogP contribution is -2.41. The van der Waals surface area contributed by atoms with Crippen LogP contribution in [0.25, 0.3) is 11.5 Å². The second-order valence-electron chi connectivity index (χ2n) is 7.71. The summed E-state index contributed by atoms with van der Waals surface area (Å²) in [6, 6.07) is 7.37. The molecule has 7 nitrogen and oxygen atoms in total. The van der Waals surface area contributed by atoms with Crippen molar-refractivity contribution in [1.29, 1.82) is 0 Å². The van der Waals surface area contributed by atoms with Gasteiger partial charge in [0, 0.05) is 29.9 Å². The summed E-state index contributed by atoms with van der Waals surface area (Å²) >= 11 is 5.89. The first kappa shape index (κ1) is 26.4. The zero-order chi connectivity index (χ0) is 25.5. The lowest BCUT2D eigenvalue weighted by molar-refractivity contribution is 0.116. The molecular weight excluding hydrogens is 490 g/mol. The number of nitrogens with one attached hydrogen (secondary N) is 1. The van der Waals surface area contributed by atoms with Crippen molar-refractivity contribution in [1.82, 2.24) is 20.4 Å². The summed E-state index contributed by atoms with van der Waals surface area (Å²) in [5, 5.41) is 9.31. The van der Waals surface area contributed by atoms with Crippen molar-refractivity contribution in [2.75, 3.05) is 32.1 Å². The highest BCUT2D eigenvalue weighted by Crippen LogP contribution is 2.29. The fraction of sp³-hybridized carbons (Fsp3) is 0.348. The number of rotatable bonds is 5. The molecule has 35 heavy (non-hydrogen) atoms. The van der Waals surface area contributed by atoms with E-state index in [1.54, 1.807) is 4.90 Å². The van der Waals surface area contributed by atoms with Gasteiger partial charge in [0.05, 0.1) is 11.6 Å². The molecule has 4 rings (SSSR count). The summed E-state index contributed by atoms with van der Waals surface area (Å²) in [5.41, 5.74) is 0.582. The van der Waals surface area contributed by atoms with Gasteiger partial charge in [0.15, 0.2) is 0 Å². The Morgan fingerprint density at radius 3 is 2.37 bits per heavy atom. The van der Waals surface area contributed by atoms with Crippen molar-refractivity contribution in [2.24, 2.45) is 0 Å². The van der Waals surface area contributed by atoms with Crippen molar-refractivity contribution >= 4 is 23.3 Å². The molecule has 0 radical (unpaired) electrons.